The highest BCUT2D eigenvalue weighted by Gasteiger charge is 2.35. The Hall–Kier alpha value is -3.00. The van der Waals surface area contributed by atoms with Crippen LogP contribution in [0.5, 0.6) is 0 Å². The van der Waals surface area contributed by atoms with Gasteiger partial charge in [0.1, 0.15) is 12.6 Å². The Labute approximate surface area is 210 Å². The van der Waals surface area contributed by atoms with Gasteiger partial charge >= 0.3 is 12.1 Å². The molecule has 2 aliphatic rings. The van der Waals surface area contributed by atoms with E-state index in [2.05, 4.69) is 29.6 Å². The average Bonchev–Trinajstić information content (AvgIpc) is 3.15. The molecule has 186 valence electrons. The molecule has 0 radical (unpaired) electrons. The number of carbonyl (C=O) groups excluding carboxylic acids is 2. The maximum Gasteiger partial charge on any atom is 0.407 e. The summed E-state index contributed by atoms with van der Waals surface area (Å²) in [5, 5.41) is 12.1. The first-order chi connectivity index (χ1) is 16.8. The second-order valence-electron chi connectivity index (χ2n) is 9.51. The van der Waals surface area contributed by atoms with E-state index >= 15 is 0 Å². The molecule has 1 fully saturated rings. The second-order valence-corrected chi connectivity index (χ2v) is 10.7. The number of carboxylic acid groups (broad SMARTS) is 1. The minimum absolute atomic E-state index is 0.0635. The van der Waals surface area contributed by atoms with Crippen molar-refractivity contribution in [1.82, 2.24) is 10.2 Å². The minimum atomic E-state index is -0.930. The lowest BCUT2D eigenvalue weighted by Gasteiger charge is -2.37. The first kappa shape index (κ1) is 25.1. The van der Waals surface area contributed by atoms with Gasteiger partial charge in [0.2, 0.25) is 5.91 Å². The predicted molar refractivity (Wildman–Crippen MR) is 137 cm³/mol. The molecule has 8 heteroatoms. The summed E-state index contributed by atoms with van der Waals surface area (Å²) < 4.78 is 5.66. The van der Waals surface area contributed by atoms with E-state index < -0.39 is 18.1 Å². The summed E-state index contributed by atoms with van der Waals surface area (Å²) >= 11 is 1.65. The van der Waals surface area contributed by atoms with Crippen LogP contribution in [-0.2, 0) is 14.3 Å². The van der Waals surface area contributed by atoms with Crippen molar-refractivity contribution in [3.63, 3.8) is 0 Å². The number of nitrogens with one attached hydrogen (secondary N) is 1. The molecular formula is C27H32N2O5S. The number of fused-ring (bicyclic) bond motifs is 3. The van der Waals surface area contributed by atoms with Crippen LogP contribution in [0.4, 0.5) is 4.79 Å². The molecule has 2 amide bonds. The monoisotopic (exact) mass is 496 g/mol. The van der Waals surface area contributed by atoms with Gasteiger partial charge in [-0.1, -0.05) is 62.4 Å². The lowest BCUT2D eigenvalue weighted by Crippen LogP contribution is -2.55. The number of aliphatic carboxylic acids is 1. The SMILES string of the molecule is CC(C)C[C@H](NC(=O)OCC1c2ccccc2-c2ccccc21)C(=O)N1CCSCC1CC(=O)O. The van der Waals surface area contributed by atoms with E-state index in [0.29, 0.717) is 18.7 Å². The summed E-state index contributed by atoms with van der Waals surface area (Å²) in [4.78, 5) is 39.2. The van der Waals surface area contributed by atoms with Crippen LogP contribution in [0.1, 0.15) is 43.7 Å². The van der Waals surface area contributed by atoms with Crippen LogP contribution in [-0.4, -0.2) is 64.7 Å². The number of rotatable bonds is 8. The number of nitrogens with zero attached hydrogens (tertiary/aromatic N) is 1. The van der Waals surface area contributed by atoms with Gasteiger partial charge in [-0.05, 0) is 34.6 Å². The molecule has 2 aromatic carbocycles. The van der Waals surface area contributed by atoms with Gasteiger partial charge in [-0.25, -0.2) is 4.79 Å². The van der Waals surface area contributed by atoms with Gasteiger partial charge in [0.05, 0.1) is 12.5 Å². The quantitative estimate of drug-likeness (QED) is 0.564. The minimum Gasteiger partial charge on any atom is -0.481 e. The molecule has 1 saturated heterocycles. The van der Waals surface area contributed by atoms with E-state index in [-0.39, 0.29) is 36.8 Å². The van der Waals surface area contributed by atoms with Crippen LogP contribution < -0.4 is 5.32 Å². The molecule has 0 spiro atoms. The van der Waals surface area contributed by atoms with Gasteiger partial charge < -0.3 is 20.1 Å². The Kier molecular flexibility index (Phi) is 8.00. The standard InChI is InChI=1S/C27H32N2O5S/c1-17(2)13-24(26(32)29-11-12-35-16-18(29)14-25(30)31)28-27(33)34-15-23-21-9-5-3-7-19(21)20-8-4-6-10-22(20)23/h3-10,17-18,23-24H,11-16H2,1-2H3,(H,28,33)(H,30,31)/t18?,24-/m0/s1. The highest BCUT2D eigenvalue weighted by Crippen LogP contribution is 2.44. The topological polar surface area (TPSA) is 95.9 Å². The number of carboxylic acids is 1. The third kappa shape index (κ3) is 5.81. The summed E-state index contributed by atoms with van der Waals surface area (Å²) in [5.74, 6) is 0.263. The van der Waals surface area contributed by atoms with Gasteiger partial charge in [0, 0.05) is 24.0 Å². The van der Waals surface area contributed by atoms with Crippen molar-refractivity contribution in [1.29, 1.82) is 0 Å². The summed E-state index contributed by atoms with van der Waals surface area (Å²) in [6, 6.07) is 15.1. The molecule has 2 atom stereocenters. The normalized spacial score (nSPS) is 18.0. The predicted octanol–water partition coefficient (Wildman–Crippen LogP) is 4.36. The third-order valence-corrected chi connectivity index (χ3v) is 7.65. The molecule has 2 N–H and O–H groups in total. The number of alkyl carbamates (subject to hydrolysis) is 1. The number of ether oxygens (including phenoxy) is 1. The molecule has 7 nitrogen and oxygen atoms in total. The van der Waals surface area contributed by atoms with Gasteiger partial charge in [0.25, 0.3) is 0 Å². The Bertz CT molecular complexity index is 1040. The number of carbonyl (C=O) groups is 3. The van der Waals surface area contributed by atoms with Crippen LogP contribution in [0.25, 0.3) is 11.1 Å². The van der Waals surface area contributed by atoms with Crippen LogP contribution in [0.15, 0.2) is 48.5 Å². The van der Waals surface area contributed by atoms with Gasteiger partial charge in [-0.2, -0.15) is 11.8 Å². The number of thioether (sulfide) groups is 1. The van der Waals surface area contributed by atoms with Crippen LogP contribution in [0, 0.1) is 5.92 Å². The second kappa shape index (κ2) is 11.2. The van der Waals surface area contributed by atoms with E-state index in [1.807, 2.05) is 38.1 Å². The van der Waals surface area contributed by atoms with Crippen molar-refractivity contribution >= 4 is 29.7 Å². The summed E-state index contributed by atoms with van der Waals surface area (Å²) in [6.07, 6.45) is -0.281. The van der Waals surface area contributed by atoms with Crippen molar-refractivity contribution in [2.24, 2.45) is 5.92 Å². The Balaban J connectivity index is 1.44. The number of hydrogen-bond acceptors (Lipinski definition) is 5. The van der Waals surface area contributed by atoms with Gasteiger partial charge in [0.15, 0.2) is 0 Å². The van der Waals surface area contributed by atoms with E-state index in [0.717, 1.165) is 28.0 Å². The molecule has 4 rings (SSSR count). The number of amides is 2. The van der Waals surface area contributed by atoms with Crippen LogP contribution >= 0.6 is 11.8 Å². The fourth-order valence-electron chi connectivity index (χ4n) is 4.99. The van der Waals surface area contributed by atoms with Crippen molar-refractivity contribution in [2.75, 3.05) is 24.7 Å². The molecule has 0 bridgehead atoms. The van der Waals surface area contributed by atoms with Crippen molar-refractivity contribution in [2.45, 2.75) is 44.7 Å². The average molecular weight is 497 g/mol. The van der Waals surface area contributed by atoms with Crippen molar-refractivity contribution in [3.05, 3.63) is 59.7 Å². The molecule has 0 saturated carbocycles. The number of benzene rings is 2. The van der Waals surface area contributed by atoms with Crippen LogP contribution in [0.2, 0.25) is 0 Å². The van der Waals surface area contributed by atoms with E-state index in [9.17, 15) is 19.5 Å². The zero-order valence-corrected chi connectivity index (χ0v) is 20.9. The summed E-state index contributed by atoms with van der Waals surface area (Å²) in [7, 11) is 0. The van der Waals surface area contributed by atoms with E-state index in [1.54, 1.807) is 16.7 Å². The maximum atomic E-state index is 13.4. The van der Waals surface area contributed by atoms with Crippen molar-refractivity contribution in [3.8, 4) is 11.1 Å². The first-order valence-corrected chi connectivity index (χ1v) is 13.2. The largest absolute Gasteiger partial charge is 0.481 e. The molecule has 1 unspecified atom stereocenters. The number of hydrogen-bond donors (Lipinski definition) is 2. The highest BCUT2D eigenvalue weighted by atomic mass is 32.2. The Morgan fingerprint density at radius 2 is 1.71 bits per heavy atom. The summed E-state index contributed by atoms with van der Waals surface area (Å²) in [6.45, 7) is 4.62. The molecule has 0 aromatic heterocycles. The molecule has 1 heterocycles. The first-order valence-electron chi connectivity index (χ1n) is 12.1. The fraction of sp³-hybridized carbons (Fsp3) is 0.444. The van der Waals surface area contributed by atoms with Crippen LogP contribution in [0.3, 0.4) is 0 Å². The fourth-order valence-corrected chi connectivity index (χ4v) is 6.05. The van der Waals surface area contributed by atoms with E-state index in [1.165, 1.54) is 0 Å². The zero-order chi connectivity index (χ0) is 24.9. The zero-order valence-electron chi connectivity index (χ0n) is 20.1. The van der Waals surface area contributed by atoms with Gasteiger partial charge in [-0.15, -0.1) is 0 Å². The molecular weight excluding hydrogens is 464 g/mol. The van der Waals surface area contributed by atoms with Crippen molar-refractivity contribution < 1.29 is 24.2 Å². The lowest BCUT2D eigenvalue weighted by molar-refractivity contribution is -0.141. The lowest BCUT2D eigenvalue weighted by atomic mass is 9.98. The Morgan fingerprint density at radius 3 is 2.31 bits per heavy atom. The molecule has 1 aliphatic carbocycles. The maximum absolute atomic E-state index is 13.4. The molecule has 2 aromatic rings. The highest BCUT2D eigenvalue weighted by molar-refractivity contribution is 7.99. The third-order valence-electron chi connectivity index (χ3n) is 6.56. The Morgan fingerprint density at radius 1 is 1.09 bits per heavy atom. The van der Waals surface area contributed by atoms with E-state index in [4.69, 9.17) is 4.74 Å². The van der Waals surface area contributed by atoms with Gasteiger partial charge in [-0.3, -0.25) is 9.59 Å². The smallest absolute Gasteiger partial charge is 0.407 e. The molecule has 1 aliphatic heterocycles. The molecule has 35 heavy (non-hydrogen) atoms. The summed E-state index contributed by atoms with van der Waals surface area (Å²) in [5.41, 5.74) is 4.55.